The summed E-state index contributed by atoms with van der Waals surface area (Å²) >= 11 is 7.67. The van der Waals surface area contributed by atoms with Crippen molar-refractivity contribution in [3.63, 3.8) is 0 Å². The standard InChI is InChI=1S/C19H18ClN3OS/c1-23-18-14-9-11-25-16(14)7-6-15(18)17(22-23)19(24)21-10-8-12-2-4-13(20)5-3-12/h2-5,9,11H,6-8,10H2,1H3,(H,21,24). The molecule has 25 heavy (non-hydrogen) atoms. The normalized spacial score (nSPS) is 12.6. The number of fused-ring (bicyclic) bond motifs is 3. The molecule has 0 saturated carbocycles. The molecule has 0 bridgehead atoms. The number of hydrogen-bond acceptors (Lipinski definition) is 3. The van der Waals surface area contributed by atoms with Crippen molar-refractivity contribution in [3.8, 4) is 11.3 Å². The minimum atomic E-state index is -0.0931. The van der Waals surface area contributed by atoms with Gasteiger partial charge in [-0.3, -0.25) is 9.48 Å². The van der Waals surface area contributed by atoms with E-state index in [9.17, 15) is 4.79 Å². The fourth-order valence-electron chi connectivity index (χ4n) is 3.36. The number of carbonyl (C=O) groups is 1. The maximum absolute atomic E-state index is 12.6. The van der Waals surface area contributed by atoms with Crippen LogP contribution >= 0.6 is 22.9 Å². The fraction of sp³-hybridized carbons (Fsp3) is 0.263. The third-order valence-corrected chi connectivity index (χ3v) is 5.81. The molecule has 0 radical (unpaired) electrons. The van der Waals surface area contributed by atoms with Gasteiger partial charge in [-0.2, -0.15) is 5.10 Å². The van der Waals surface area contributed by atoms with Gasteiger partial charge >= 0.3 is 0 Å². The lowest BCUT2D eigenvalue weighted by molar-refractivity contribution is 0.0947. The van der Waals surface area contributed by atoms with Crippen molar-refractivity contribution >= 4 is 28.8 Å². The van der Waals surface area contributed by atoms with E-state index in [0.29, 0.717) is 12.2 Å². The molecule has 2 aromatic heterocycles. The quantitative estimate of drug-likeness (QED) is 0.756. The van der Waals surface area contributed by atoms with Gasteiger partial charge < -0.3 is 5.32 Å². The zero-order valence-electron chi connectivity index (χ0n) is 13.9. The Kier molecular flexibility index (Phi) is 4.36. The van der Waals surface area contributed by atoms with Crippen molar-refractivity contribution in [2.45, 2.75) is 19.3 Å². The van der Waals surface area contributed by atoms with Gasteiger partial charge in [-0.1, -0.05) is 23.7 Å². The second-order valence-corrected chi connectivity index (χ2v) is 7.63. The zero-order valence-corrected chi connectivity index (χ0v) is 15.5. The van der Waals surface area contributed by atoms with Gasteiger partial charge in [-0.05, 0) is 48.4 Å². The van der Waals surface area contributed by atoms with Crippen LogP contribution in [0.5, 0.6) is 0 Å². The molecular weight excluding hydrogens is 354 g/mol. The van der Waals surface area contributed by atoms with Gasteiger partial charge in [-0.15, -0.1) is 11.3 Å². The summed E-state index contributed by atoms with van der Waals surface area (Å²) in [6.07, 6.45) is 2.62. The average Bonchev–Trinajstić information content (AvgIpc) is 3.20. The van der Waals surface area contributed by atoms with Crippen molar-refractivity contribution in [2.24, 2.45) is 7.05 Å². The molecule has 1 aromatic carbocycles. The third kappa shape index (κ3) is 3.10. The first kappa shape index (κ1) is 16.4. The number of amides is 1. The molecule has 0 unspecified atom stereocenters. The Bertz CT molecular complexity index is 927. The molecule has 1 amide bonds. The highest BCUT2D eigenvalue weighted by Gasteiger charge is 2.27. The van der Waals surface area contributed by atoms with Gasteiger partial charge in [0.25, 0.3) is 5.91 Å². The molecule has 3 aromatic rings. The molecule has 0 aliphatic heterocycles. The first-order chi connectivity index (χ1) is 12.1. The first-order valence-corrected chi connectivity index (χ1v) is 9.54. The highest BCUT2D eigenvalue weighted by atomic mass is 35.5. The van der Waals surface area contributed by atoms with E-state index in [-0.39, 0.29) is 5.91 Å². The number of nitrogens with one attached hydrogen (secondary N) is 1. The van der Waals surface area contributed by atoms with Crippen LogP contribution in [0, 0.1) is 0 Å². The van der Waals surface area contributed by atoms with E-state index in [1.807, 2.05) is 36.0 Å². The molecule has 0 spiro atoms. The van der Waals surface area contributed by atoms with Crippen LogP contribution < -0.4 is 5.32 Å². The number of nitrogens with zero attached hydrogens (tertiary/aromatic N) is 2. The highest BCUT2D eigenvalue weighted by molar-refractivity contribution is 7.10. The second-order valence-electron chi connectivity index (χ2n) is 6.19. The molecule has 0 fully saturated rings. The predicted octanol–water partition coefficient (Wildman–Crippen LogP) is 3.87. The third-order valence-electron chi connectivity index (χ3n) is 4.58. The van der Waals surface area contributed by atoms with Crippen LogP contribution in [-0.4, -0.2) is 22.2 Å². The van der Waals surface area contributed by atoms with Gasteiger partial charge in [0.05, 0.1) is 5.69 Å². The number of benzene rings is 1. The van der Waals surface area contributed by atoms with Crippen molar-refractivity contribution < 1.29 is 4.79 Å². The summed E-state index contributed by atoms with van der Waals surface area (Å²) in [7, 11) is 1.91. The van der Waals surface area contributed by atoms with E-state index in [2.05, 4.69) is 21.9 Å². The van der Waals surface area contributed by atoms with Crippen LogP contribution in [-0.2, 0) is 26.3 Å². The van der Waals surface area contributed by atoms with Crippen LogP contribution in [0.15, 0.2) is 35.7 Å². The maximum Gasteiger partial charge on any atom is 0.272 e. The Hall–Kier alpha value is -2.11. The Morgan fingerprint density at radius 3 is 2.88 bits per heavy atom. The molecule has 0 saturated heterocycles. The fourth-order valence-corrected chi connectivity index (χ4v) is 4.37. The monoisotopic (exact) mass is 371 g/mol. The summed E-state index contributed by atoms with van der Waals surface area (Å²) in [5, 5.41) is 10.3. The SMILES string of the molecule is Cn1nc(C(=O)NCCc2ccc(Cl)cc2)c2c1-c1ccsc1CC2. The summed E-state index contributed by atoms with van der Waals surface area (Å²) in [6.45, 7) is 0.579. The Balaban J connectivity index is 1.48. The lowest BCUT2D eigenvalue weighted by atomic mass is 9.94. The average molecular weight is 372 g/mol. The topological polar surface area (TPSA) is 46.9 Å². The predicted molar refractivity (Wildman–Crippen MR) is 101 cm³/mol. The highest BCUT2D eigenvalue weighted by Crippen LogP contribution is 2.37. The summed E-state index contributed by atoms with van der Waals surface area (Å²) < 4.78 is 1.84. The van der Waals surface area contributed by atoms with E-state index in [0.717, 1.165) is 41.1 Å². The van der Waals surface area contributed by atoms with Crippen LogP contribution in [0.3, 0.4) is 0 Å². The summed E-state index contributed by atoms with van der Waals surface area (Å²) in [5.74, 6) is -0.0931. The summed E-state index contributed by atoms with van der Waals surface area (Å²) in [6, 6.07) is 9.82. The van der Waals surface area contributed by atoms with E-state index in [1.165, 1.54) is 10.4 Å². The number of carbonyl (C=O) groups excluding carboxylic acids is 1. The Morgan fingerprint density at radius 1 is 1.28 bits per heavy atom. The number of aromatic nitrogens is 2. The Morgan fingerprint density at radius 2 is 2.08 bits per heavy atom. The first-order valence-electron chi connectivity index (χ1n) is 8.28. The molecule has 4 nitrogen and oxygen atoms in total. The van der Waals surface area contributed by atoms with Crippen LogP contribution in [0.4, 0.5) is 0 Å². The van der Waals surface area contributed by atoms with Crippen molar-refractivity contribution in [2.75, 3.05) is 6.54 Å². The van der Waals surface area contributed by atoms with E-state index < -0.39 is 0 Å². The molecule has 1 aliphatic rings. The lowest BCUT2D eigenvalue weighted by Gasteiger charge is -2.13. The summed E-state index contributed by atoms with van der Waals surface area (Å²) in [5.41, 5.74) is 5.09. The molecule has 0 atom stereocenters. The number of aryl methyl sites for hydroxylation is 2. The molecule has 1 aliphatic carbocycles. The number of hydrogen-bond donors (Lipinski definition) is 1. The van der Waals surface area contributed by atoms with E-state index in [1.54, 1.807) is 11.3 Å². The maximum atomic E-state index is 12.6. The van der Waals surface area contributed by atoms with Crippen LogP contribution in [0.2, 0.25) is 5.02 Å². The van der Waals surface area contributed by atoms with Gasteiger partial charge in [0.2, 0.25) is 0 Å². The van der Waals surface area contributed by atoms with Crippen molar-refractivity contribution in [3.05, 3.63) is 62.4 Å². The summed E-state index contributed by atoms with van der Waals surface area (Å²) in [4.78, 5) is 14.0. The molecule has 6 heteroatoms. The minimum Gasteiger partial charge on any atom is -0.350 e. The molecule has 4 rings (SSSR count). The van der Waals surface area contributed by atoms with E-state index >= 15 is 0 Å². The number of rotatable bonds is 4. The van der Waals surface area contributed by atoms with Crippen molar-refractivity contribution in [1.29, 1.82) is 0 Å². The number of thiophene rings is 1. The second kappa shape index (κ2) is 6.65. The number of halogens is 1. The Labute approximate surface area is 155 Å². The van der Waals surface area contributed by atoms with Gasteiger partial charge in [-0.25, -0.2) is 0 Å². The van der Waals surface area contributed by atoms with Crippen molar-refractivity contribution in [1.82, 2.24) is 15.1 Å². The molecule has 2 heterocycles. The van der Waals surface area contributed by atoms with Gasteiger partial charge in [0.1, 0.15) is 0 Å². The van der Waals surface area contributed by atoms with Crippen LogP contribution in [0.1, 0.15) is 26.5 Å². The van der Waals surface area contributed by atoms with Crippen LogP contribution in [0.25, 0.3) is 11.3 Å². The van der Waals surface area contributed by atoms with Gasteiger partial charge in [0.15, 0.2) is 5.69 Å². The smallest absolute Gasteiger partial charge is 0.272 e. The van der Waals surface area contributed by atoms with E-state index in [4.69, 9.17) is 11.6 Å². The largest absolute Gasteiger partial charge is 0.350 e. The zero-order chi connectivity index (χ0) is 17.4. The molecular formula is C19H18ClN3OS. The molecule has 128 valence electrons. The molecule has 1 N–H and O–H groups in total. The lowest BCUT2D eigenvalue weighted by Crippen LogP contribution is -2.27. The van der Waals surface area contributed by atoms with Gasteiger partial charge in [0, 0.05) is 34.6 Å². The minimum absolute atomic E-state index is 0.0931.